The van der Waals surface area contributed by atoms with Gasteiger partial charge in [0.15, 0.2) is 0 Å². The van der Waals surface area contributed by atoms with Crippen LogP contribution in [-0.2, 0) is 0 Å². The Bertz CT molecular complexity index is 459. The lowest BCUT2D eigenvalue weighted by Crippen LogP contribution is -2.57. The highest BCUT2D eigenvalue weighted by molar-refractivity contribution is 5.50. The molecule has 1 aromatic carbocycles. The van der Waals surface area contributed by atoms with Crippen LogP contribution in [0, 0.1) is 5.92 Å². The number of ether oxygens (including phenoxy) is 1. The topological polar surface area (TPSA) is 24.5 Å². The van der Waals surface area contributed by atoms with Crippen molar-refractivity contribution in [1.82, 2.24) is 5.32 Å². The third kappa shape index (κ3) is 4.27. The predicted molar refractivity (Wildman–Crippen MR) is 76.6 cm³/mol. The van der Waals surface area contributed by atoms with Crippen molar-refractivity contribution in [2.45, 2.75) is 39.2 Å². The molecule has 0 radical (unpaired) electrons. The number of nitrogens with zero attached hydrogens (tertiary/aromatic N) is 1. The zero-order chi connectivity index (χ0) is 15.6. The standard InChI is InChI=1S/C15H21F3N2O/c1-10(2)14-9-20(11(3)8-19-14)12-4-6-13(7-5-12)21-15(16,17)18/h4-7,10-11,14,19H,8-9H2,1-3H3. The quantitative estimate of drug-likeness (QED) is 0.926. The zero-order valence-corrected chi connectivity index (χ0v) is 12.4. The van der Waals surface area contributed by atoms with E-state index >= 15 is 0 Å². The van der Waals surface area contributed by atoms with Gasteiger partial charge in [0.2, 0.25) is 0 Å². The van der Waals surface area contributed by atoms with Gasteiger partial charge in [-0.1, -0.05) is 13.8 Å². The van der Waals surface area contributed by atoms with Gasteiger partial charge in [-0.2, -0.15) is 0 Å². The van der Waals surface area contributed by atoms with E-state index in [0.29, 0.717) is 18.0 Å². The first-order valence-corrected chi connectivity index (χ1v) is 7.12. The maximum absolute atomic E-state index is 12.2. The molecule has 1 aromatic rings. The van der Waals surface area contributed by atoms with Crippen molar-refractivity contribution in [2.24, 2.45) is 5.92 Å². The summed E-state index contributed by atoms with van der Waals surface area (Å²) < 4.78 is 40.4. The lowest BCUT2D eigenvalue weighted by atomic mass is 9.99. The first kappa shape index (κ1) is 15.9. The Hall–Kier alpha value is -1.43. The Balaban J connectivity index is 2.09. The van der Waals surface area contributed by atoms with Gasteiger partial charge in [-0.25, -0.2) is 0 Å². The van der Waals surface area contributed by atoms with E-state index in [1.54, 1.807) is 12.1 Å². The molecule has 1 fully saturated rings. The second kappa shape index (κ2) is 6.13. The monoisotopic (exact) mass is 302 g/mol. The van der Waals surface area contributed by atoms with E-state index in [9.17, 15) is 13.2 Å². The molecule has 6 heteroatoms. The summed E-state index contributed by atoms with van der Waals surface area (Å²) in [4.78, 5) is 2.22. The maximum atomic E-state index is 12.2. The molecule has 1 aliphatic rings. The summed E-state index contributed by atoms with van der Waals surface area (Å²) in [6, 6.07) is 6.77. The molecule has 0 aliphatic carbocycles. The first-order chi connectivity index (χ1) is 9.76. The van der Waals surface area contributed by atoms with Gasteiger partial charge in [0.25, 0.3) is 0 Å². The maximum Gasteiger partial charge on any atom is 0.573 e. The number of nitrogens with one attached hydrogen (secondary N) is 1. The average molecular weight is 302 g/mol. The van der Waals surface area contributed by atoms with Crippen LogP contribution in [0.4, 0.5) is 18.9 Å². The average Bonchev–Trinajstić information content (AvgIpc) is 2.38. The minimum atomic E-state index is -4.65. The van der Waals surface area contributed by atoms with Crippen molar-refractivity contribution < 1.29 is 17.9 Å². The summed E-state index contributed by atoms with van der Waals surface area (Å²) in [5, 5.41) is 3.50. The third-order valence-electron chi connectivity index (χ3n) is 3.81. The fourth-order valence-electron chi connectivity index (χ4n) is 2.53. The molecule has 2 rings (SSSR count). The Kier molecular flexibility index (Phi) is 4.66. The Morgan fingerprint density at radius 3 is 2.38 bits per heavy atom. The highest BCUT2D eigenvalue weighted by Crippen LogP contribution is 2.27. The minimum Gasteiger partial charge on any atom is -0.406 e. The number of anilines is 1. The summed E-state index contributed by atoms with van der Waals surface area (Å²) in [6.45, 7) is 8.13. The van der Waals surface area contributed by atoms with E-state index < -0.39 is 6.36 Å². The van der Waals surface area contributed by atoms with E-state index in [0.717, 1.165) is 18.8 Å². The van der Waals surface area contributed by atoms with Crippen molar-refractivity contribution in [3.63, 3.8) is 0 Å². The van der Waals surface area contributed by atoms with Gasteiger partial charge in [-0.15, -0.1) is 13.2 Å². The molecule has 0 spiro atoms. The number of halogens is 3. The predicted octanol–water partition coefficient (Wildman–Crippen LogP) is 3.41. The van der Waals surface area contributed by atoms with Gasteiger partial charge in [0, 0.05) is 30.9 Å². The van der Waals surface area contributed by atoms with E-state index in [1.807, 2.05) is 0 Å². The molecular formula is C15H21F3N2O. The van der Waals surface area contributed by atoms with Crippen molar-refractivity contribution in [3.05, 3.63) is 24.3 Å². The number of benzene rings is 1. The first-order valence-electron chi connectivity index (χ1n) is 7.12. The van der Waals surface area contributed by atoms with Crippen LogP contribution in [0.5, 0.6) is 5.75 Å². The van der Waals surface area contributed by atoms with Crippen LogP contribution < -0.4 is 15.0 Å². The van der Waals surface area contributed by atoms with Gasteiger partial charge in [0.05, 0.1) is 0 Å². The van der Waals surface area contributed by atoms with Crippen LogP contribution in [0.15, 0.2) is 24.3 Å². The number of rotatable bonds is 3. The van der Waals surface area contributed by atoms with Crippen LogP contribution in [0.2, 0.25) is 0 Å². The molecule has 0 aromatic heterocycles. The lowest BCUT2D eigenvalue weighted by molar-refractivity contribution is -0.274. The van der Waals surface area contributed by atoms with Crippen LogP contribution in [0.25, 0.3) is 0 Å². The van der Waals surface area contributed by atoms with Gasteiger partial charge >= 0.3 is 6.36 Å². The highest BCUT2D eigenvalue weighted by Gasteiger charge is 2.31. The molecule has 21 heavy (non-hydrogen) atoms. The summed E-state index contributed by atoms with van der Waals surface area (Å²) in [5.74, 6) is 0.322. The fourth-order valence-corrected chi connectivity index (χ4v) is 2.53. The molecule has 1 heterocycles. The second-order valence-corrected chi connectivity index (χ2v) is 5.80. The lowest BCUT2D eigenvalue weighted by Gasteiger charge is -2.42. The molecule has 0 amide bonds. The SMILES string of the molecule is CC(C)C1CN(c2ccc(OC(F)(F)F)cc2)C(C)CN1. The fraction of sp³-hybridized carbons (Fsp3) is 0.600. The molecule has 2 atom stereocenters. The van der Waals surface area contributed by atoms with Gasteiger partial charge < -0.3 is 15.0 Å². The third-order valence-corrected chi connectivity index (χ3v) is 3.81. The van der Waals surface area contributed by atoms with E-state index in [2.05, 4.69) is 35.7 Å². The Labute approximate surface area is 123 Å². The second-order valence-electron chi connectivity index (χ2n) is 5.80. The largest absolute Gasteiger partial charge is 0.573 e. The van der Waals surface area contributed by atoms with Crippen molar-refractivity contribution in [1.29, 1.82) is 0 Å². The summed E-state index contributed by atoms with van der Waals surface area (Å²) in [7, 11) is 0. The van der Waals surface area contributed by atoms with Crippen LogP contribution in [0.1, 0.15) is 20.8 Å². The summed E-state index contributed by atoms with van der Waals surface area (Å²) >= 11 is 0. The minimum absolute atomic E-state index is 0.186. The number of piperazine rings is 1. The molecule has 1 saturated heterocycles. The molecule has 2 unspecified atom stereocenters. The summed E-state index contributed by atoms with van der Waals surface area (Å²) in [6.07, 6.45) is -4.65. The van der Waals surface area contributed by atoms with E-state index in [4.69, 9.17) is 0 Å². The van der Waals surface area contributed by atoms with Crippen LogP contribution >= 0.6 is 0 Å². The van der Waals surface area contributed by atoms with Crippen molar-refractivity contribution in [2.75, 3.05) is 18.0 Å². The van der Waals surface area contributed by atoms with Crippen molar-refractivity contribution >= 4 is 5.69 Å². The highest BCUT2D eigenvalue weighted by atomic mass is 19.4. The van der Waals surface area contributed by atoms with E-state index in [-0.39, 0.29) is 5.75 Å². The van der Waals surface area contributed by atoms with Gasteiger partial charge in [0.1, 0.15) is 5.75 Å². The summed E-state index contributed by atoms with van der Waals surface area (Å²) in [5.41, 5.74) is 0.921. The van der Waals surface area contributed by atoms with Crippen LogP contribution in [-0.4, -0.2) is 31.5 Å². The molecule has 0 bridgehead atoms. The number of hydrogen-bond acceptors (Lipinski definition) is 3. The zero-order valence-electron chi connectivity index (χ0n) is 12.4. The molecule has 1 N–H and O–H groups in total. The van der Waals surface area contributed by atoms with Crippen molar-refractivity contribution in [3.8, 4) is 5.75 Å². The Morgan fingerprint density at radius 2 is 1.86 bits per heavy atom. The smallest absolute Gasteiger partial charge is 0.406 e. The molecule has 0 saturated carbocycles. The molecule has 1 aliphatic heterocycles. The normalized spacial score (nSPS) is 23.5. The molecule has 118 valence electrons. The van der Waals surface area contributed by atoms with Gasteiger partial charge in [-0.3, -0.25) is 0 Å². The van der Waals surface area contributed by atoms with Crippen LogP contribution in [0.3, 0.4) is 0 Å². The van der Waals surface area contributed by atoms with E-state index in [1.165, 1.54) is 12.1 Å². The van der Waals surface area contributed by atoms with Gasteiger partial charge in [-0.05, 0) is 37.1 Å². The molecular weight excluding hydrogens is 281 g/mol. The Morgan fingerprint density at radius 1 is 1.24 bits per heavy atom. The number of hydrogen-bond donors (Lipinski definition) is 1. The molecule has 3 nitrogen and oxygen atoms in total. The number of alkyl halides is 3.